The van der Waals surface area contributed by atoms with Gasteiger partial charge >= 0.3 is 0 Å². The van der Waals surface area contributed by atoms with Crippen LogP contribution in [0, 0.1) is 0 Å². The summed E-state index contributed by atoms with van der Waals surface area (Å²) in [5, 5.41) is 4.15. The van der Waals surface area contributed by atoms with Crippen molar-refractivity contribution in [3.63, 3.8) is 0 Å². The Morgan fingerprint density at radius 3 is 2.67 bits per heavy atom. The van der Waals surface area contributed by atoms with Crippen LogP contribution in [-0.2, 0) is 10.0 Å². The van der Waals surface area contributed by atoms with Gasteiger partial charge in [0.1, 0.15) is 11.6 Å². The van der Waals surface area contributed by atoms with Crippen LogP contribution in [0.5, 0.6) is 5.75 Å². The summed E-state index contributed by atoms with van der Waals surface area (Å²) >= 11 is 0. The Labute approximate surface area is 140 Å². The molecular formula is C16H16N4O3S. The standard InChI is InChI=1S/C16H16N4O3S/c1-2-23-14-4-3-5-15(12-14)24(21,22)19-16-8-11-18-20(16)13-6-9-17-10-7-13/h3-12,19H,2H2,1H3. The lowest BCUT2D eigenvalue weighted by atomic mass is 10.3. The number of benzene rings is 1. The Morgan fingerprint density at radius 2 is 1.92 bits per heavy atom. The molecule has 0 spiro atoms. The van der Waals surface area contributed by atoms with Gasteiger partial charge in [0.2, 0.25) is 0 Å². The number of sulfonamides is 1. The molecule has 0 amide bonds. The van der Waals surface area contributed by atoms with Crippen LogP contribution in [0.15, 0.2) is 66.0 Å². The maximum Gasteiger partial charge on any atom is 0.263 e. The van der Waals surface area contributed by atoms with Crippen molar-refractivity contribution in [1.82, 2.24) is 14.8 Å². The molecule has 0 radical (unpaired) electrons. The van der Waals surface area contributed by atoms with Crippen molar-refractivity contribution in [3.05, 3.63) is 61.1 Å². The molecule has 0 saturated heterocycles. The summed E-state index contributed by atoms with van der Waals surface area (Å²) in [4.78, 5) is 4.06. The zero-order valence-electron chi connectivity index (χ0n) is 13.0. The van der Waals surface area contributed by atoms with Crippen LogP contribution in [0.1, 0.15) is 6.92 Å². The van der Waals surface area contributed by atoms with Gasteiger partial charge in [-0.1, -0.05) is 6.07 Å². The van der Waals surface area contributed by atoms with Crippen LogP contribution in [0.25, 0.3) is 5.69 Å². The molecule has 0 aliphatic heterocycles. The predicted octanol–water partition coefficient (Wildman–Crippen LogP) is 2.47. The number of anilines is 1. The fourth-order valence-electron chi connectivity index (χ4n) is 2.17. The molecule has 1 N–H and O–H groups in total. The second-order valence-corrected chi connectivity index (χ2v) is 6.53. The Hall–Kier alpha value is -2.87. The van der Waals surface area contributed by atoms with Crippen LogP contribution in [0.2, 0.25) is 0 Å². The summed E-state index contributed by atoms with van der Waals surface area (Å²) in [5.41, 5.74) is 0.704. The van der Waals surface area contributed by atoms with Crippen molar-refractivity contribution >= 4 is 15.8 Å². The molecule has 0 atom stereocenters. The average Bonchev–Trinajstić information content (AvgIpc) is 3.04. The SMILES string of the molecule is CCOc1cccc(S(=O)(=O)Nc2ccnn2-c2ccncc2)c1. The minimum Gasteiger partial charge on any atom is -0.494 e. The molecule has 24 heavy (non-hydrogen) atoms. The number of nitrogens with zero attached hydrogens (tertiary/aromatic N) is 3. The van der Waals surface area contributed by atoms with E-state index in [0.29, 0.717) is 23.9 Å². The lowest BCUT2D eigenvalue weighted by molar-refractivity contribution is 0.339. The molecule has 124 valence electrons. The number of ether oxygens (including phenoxy) is 1. The second-order valence-electron chi connectivity index (χ2n) is 4.85. The minimum atomic E-state index is -3.76. The van der Waals surface area contributed by atoms with Gasteiger partial charge in [-0.3, -0.25) is 9.71 Å². The minimum absolute atomic E-state index is 0.121. The third-order valence-electron chi connectivity index (χ3n) is 3.22. The first-order valence-corrected chi connectivity index (χ1v) is 8.78. The number of hydrogen-bond donors (Lipinski definition) is 1. The van der Waals surface area contributed by atoms with E-state index in [1.165, 1.54) is 23.0 Å². The first-order chi connectivity index (χ1) is 11.6. The Balaban J connectivity index is 1.91. The zero-order valence-corrected chi connectivity index (χ0v) is 13.8. The Kier molecular flexibility index (Phi) is 4.48. The average molecular weight is 344 g/mol. The number of rotatable bonds is 6. The monoisotopic (exact) mass is 344 g/mol. The fourth-order valence-corrected chi connectivity index (χ4v) is 3.24. The van der Waals surface area contributed by atoms with E-state index in [4.69, 9.17) is 4.74 Å². The summed E-state index contributed by atoms with van der Waals surface area (Å²) in [5.74, 6) is 0.839. The van der Waals surface area contributed by atoms with E-state index in [1.54, 1.807) is 42.7 Å². The first kappa shape index (κ1) is 16.0. The van der Waals surface area contributed by atoms with E-state index >= 15 is 0 Å². The maximum atomic E-state index is 12.6. The molecule has 2 heterocycles. The molecule has 0 unspecified atom stereocenters. The molecule has 8 heteroatoms. The third-order valence-corrected chi connectivity index (χ3v) is 4.57. The van der Waals surface area contributed by atoms with E-state index in [9.17, 15) is 8.42 Å². The molecule has 0 fully saturated rings. The molecular weight excluding hydrogens is 328 g/mol. The quantitative estimate of drug-likeness (QED) is 0.742. The van der Waals surface area contributed by atoms with E-state index in [0.717, 1.165) is 0 Å². The number of nitrogens with one attached hydrogen (secondary N) is 1. The van der Waals surface area contributed by atoms with Crippen molar-refractivity contribution in [3.8, 4) is 11.4 Å². The second kappa shape index (κ2) is 6.71. The predicted molar refractivity (Wildman–Crippen MR) is 89.8 cm³/mol. The van der Waals surface area contributed by atoms with Crippen LogP contribution >= 0.6 is 0 Å². The maximum absolute atomic E-state index is 12.6. The van der Waals surface area contributed by atoms with Gasteiger partial charge in [0.25, 0.3) is 10.0 Å². The van der Waals surface area contributed by atoms with Crippen molar-refractivity contribution < 1.29 is 13.2 Å². The van der Waals surface area contributed by atoms with Gasteiger partial charge in [-0.25, -0.2) is 13.1 Å². The van der Waals surface area contributed by atoms with Crippen molar-refractivity contribution in [2.45, 2.75) is 11.8 Å². The van der Waals surface area contributed by atoms with E-state index in [2.05, 4.69) is 14.8 Å². The molecule has 0 saturated carbocycles. The molecule has 0 bridgehead atoms. The summed E-state index contributed by atoms with van der Waals surface area (Å²) in [6.07, 6.45) is 4.75. The lowest BCUT2D eigenvalue weighted by Crippen LogP contribution is -2.16. The highest BCUT2D eigenvalue weighted by atomic mass is 32.2. The van der Waals surface area contributed by atoms with Gasteiger partial charge in [0.05, 0.1) is 23.4 Å². The van der Waals surface area contributed by atoms with Gasteiger partial charge < -0.3 is 4.74 Å². The normalized spacial score (nSPS) is 11.2. The molecule has 3 rings (SSSR count). The van der Waals surface area contributed by atoms with Crippen LogP contribution in [-0.4, -0.2) is 29.8 Å². The van der Waals surface area contributed by atoms with E-state index < -0.39 is 10.0 Å². The van der Waals surface area contributed by atoms with Crippen LogP contribution in [0.3, 0.4) is 0 Å². The van der Waals surface area contributed by atoms with E-state index in [1.807, 2.05) is 6.92 Å². The first-order valence-electron chi connectivity index (χ1n) is 7.30. The number of aromatic nitrogens is 3. The molecule has 0 aliphatic rings. The highest BCUT2D eigenvalue weighted by molar-refractivity contribution is 7.92. The van der Waals surface area contributed by atoms with Gasteiger partial charge in [-0.15, -0.1) is 0 Å². The van der Waals surface area contributed by atoms with E-state index in [-0.39, 0.29) is 4.90 Å². The number of pyridine rings is 1. The lowest BCUT2D eigenvalue weighted by Gasteiger charge is -2.11. The van der Waals surface area contributed by atoms with Crippen molar-refractivity contribution in [2.75, 3.05) is 11.3 Å². The van der Waals surface area contributed by atoms with Crippen LogP contribution in [0.4, 0.5) is 5.82 Å². The summed E-state index contributed by atoms with van der Waals surface area (Å²) < 4.78 is 34.6. The topological polar surface area (TPSA) is 86.1 Å². The summed E-state index contributed by atoms with van der Waals surface area (Å²) in [6, 6.07) is 11.4. The summed E-state index contributed by atoms with van der Waals surface area (Å²) in [7, 11) is -3.76. The van der Waals surface area contributed by atoms with Crippen molar-refractivity contribution in [1.29, 1.82) is 0 Å². The Morgan fingerprint density at radius 1 is 1.12 bits per heavy atom. The van der Waals surface area contributed by atoms with Gasteiger partial charge in [0.15, 0.2) is 0 Å². The highest BCUT2D eigenvalue weighted by Gasteiger charge is 2.17. The zero-order chi connectivity index (χ0) is 17.0. The largest absolute Gasteiger partial charge is 0.494 e. The molecule has 0 aliphatic carbocycles. The van der Waals surface area contributed by atoms with Gasteiger partial charge in [-0.2, -0.15) is 5.10 Å². The highest BCUT2D eigenvalue weighted by Crippen LogP contribution is 2.22. The smallest absolute Gasteiger partial charge is 0.263 e. The summed E-state index contributed by atoms with van der Waals surface area (Å²) in [6.45, 7) is 2.30. The fraction of sp³-hybridized carbons (Fsp3) is 0.125. The Bertz CT molecular complexity index is 923. The molecule has 2 aromatic heterocycles. The molecule has 7 nitrogen and oxygen atoms in total. The third kappa shape index (κ3) is 3.38. The van der Waals surface area contributed by atoms with Gasteiger partial charge in [0, 0.05) is 24.5 Å². The van der Waals surface area contributed by atoms with Gasteiger partial charge in [-0.05, 0) is 31.2 Å². The van der Waals surface area contributed by atoms with Crippen molar-refractivity contribution in [2.24, 2.45) is 0 Å². The molecule has 3 aromatic rings. The van der Waals surface area contributed by atoms with Crippen LogP contribution < -0.4 is 9.46 Å². The molecule has 1 aromatic carbocycles. The number of hydrogen-bond acceptors (Lipinski definition) is 5.